The number of aryl methyl sites for hydroxylation is 1. The Morgan fingerprint density at radius 1 is 0.741 bits per heavy atom. The summed E-state index contributed by atoms with van der Waals surface area (Å²) in [7, 11) is 3.29. The first-order valence-electron chi connectivity index (χ1n) is 10.7. The van der Waals surface area contributed by atoms with E-state index in [1.165, 1.54) is 38.5 Å². The number of hydrogen-bond acceptors (Lipinski definition) is 4. The molecule has 0 heterocycles. The van der Waals surface area contributed by atoms with Crippen molar-refractivity contribution in [1.29, 1.82) is 0 Å². The van der Waals surface area contributed by atoms with Gasteiger partial charge in [-0.2, -0.15) is 0 Å². The van der Waals surface area contributed by atoms with E-state index in [-0.39, 0.29) is 0 Å². The van der Waals surface area contributed by atoms with Crippen molar-refractivity contribution in [3.63, 3.8) is 0 Å². The first-order valence-corrected chi connectivity index (χ1v) is 10.7. The van der Waals surface area contributed by atoms with Crippen LogP contribution in [0.15, 0.2) is 6.07 Å². The zero-order chi connectivity index (χ0) is 20.1. The molecule has 0 atom stereocenters. The number of unbranched alkanes of at least 4 members (excludes halogenated alkanes) is 3. The first-order chi connectivity index (χ1) is 13.2. The van der Waals surface area contributed by atoms with Gasteiger partial charge in [0, 0.05) is 5.56 Å². The molecular weight excluding hydrogens is 340 g/mol. The van der Waals surface area contributed by atoms with Gasteiger partial charge in [0.05, 0.1) is 27.4 Å². The van der Waals surface area contributed by atoms with E-state index in [4.69, 9.17) is 18.9 Å². The SMILES string of the molecule is CCOc1cc(CCCCCCC(CC)CC)c(OCC)c(OC)c1OC. The quantitative estimate of drug-likeness (QED) is 0.329. The Kier molecular flexibility index (Phi) is 11.8. The monoisotopic (exact) mass is 380 g/mol. The van der Waals surface area contributed by atoms with Crippen LogP contribution in [-0.2, 0) is 6.42 Å². The molecule has 0 saturated heterocycles. The predicted molar refractivity (Wildman–Crippen MR) is 113 cm³/mol. The van der Waals surface area contributed by atoms with E-state index in [1.54, 1.807) is 14.2 Å². The molecule has 0 aromatic heterocycles. The van der Waals surface area contributed by atoms with E-state index in [0.717, 1.165) is 35.8 Å². The third-order valence-corrected chi connectivity index (χ3v) is 5.19. The molecule has 1 aromatic carbocycles. The molecule has 0 aliphatic rings. The standard InChI is InChI=1S/C23H40O4/c1-7-18(8-2)15-13-11-12-14-16-19-17-20(26-9-3)22(24-5)23(25-6)21(19)27-10-4/h17-18H,7-16H2,1-6H3. The van der Waals surface area contributed by atoms with Crippen LogP contribution in [0.3, 0.4) is 0 Å². The van der Waals surface area contributed by atoms with Crippen molar-refractivity contribution in [3.8, 4) is 23.0 Å². The normalized spacial score (nSPS) is 10.9. The minimum atomic E-state index is 0.586. The van der Waals surface area contributed by atoms with Gasteiger partial charge >= 0.3 is 0 Å². The Labute approximate surface area is 166 Å². The summed E-state index contributed by atoms with van der Waals surface area (Å²) in [6.07, 6.45) is 9.95. The number of benzene rings is 1. The Bertz CT molecular complexity index is 524. The molecule has 156 valence electrons. The van der Waals surface area contributed by atoms with Gasteiger partial charge in [0.15, 0.2) is 11.5 Å². The average Bonchev–Trinajstić information content (AvgIpc) is 2.68. The number of hydrogen-bond donors (Lipinski definition) is 0. The molecule has 0 bridgehead atoms. The average molecular weight is 381 g/mol. The van der Waals surface area contributed by atoms with Gasteiger partial charge in [-0.3, -0.25) is 0 Å². The Morgan fingerprint density at radius 2 is 1.37 bits per heavy atom. The van der Waals surface area contributed by atoms with Gasteiger partial charge in [-0.05, 0) is 38.7 Å². The molecule has 0 N–H and O–H groups in total. The predicted octanol–water partition coefficient (Wildman–Crippen LogP) is 6.43. The molecule has 0 aliphatic carbocycles. The van der Waals surface area contributed by atoms with Crippen molar-refractivity contribution >= 4 is 0 Å². The molecule has 0 unspecified atom stereocenters. The molecule has 0 saturated carbocycles. The lowest BCUT2D eigenvalue weighted by molar-refractivity contribution is 0.274. The van der Waals surface area contributed by atoms with Crippen molar-refractivity contribution in [2.45, 2.75) is 79.1 Å². The highest BCUT2D eigenvalue weighted by Gasteiger charge is 2.21. The lowest BCUT2D eigenvalue weighted by Gasteiger charge is -2.20. The molecule has 1 aromatic rings. The zero-order valence-corrected chi connectivity index (χ0v) is 18.4. The summed E-state index contributed by atoms with van der Waals surface area (Å²) < 4.78 is 22.8. The van der Waals surface area contributed by atoms with Crippen molar-refractivity contribution < 1.29 is 18.9 Å². The number of methoxy groups -OCH3 is 2. The Hall–Kier alpha value is -1.58. The summed E-state index contributed by atoms with van der Waals surface area (Å²) in [6.45, 7) is 9.75. The van der Waals surface area contributed by atoms with Crippen molar-refractivity contribution in [2.75, 3.05) is 27.4 Å². The molecule has 4 heteroatoms. The van der Waals surface area contributed by atoms with Gasteiger partial charge in [-0.25, -0.2) is 0 Å². The zero-order valence-electron chi connectivity index (χ0n) is 18.4. The van der Waals surface area contributed by atoms with Crippen LogP contribution in [0.5, 0.6) is 23.0 Å². The third-order valence-electron chi connectivity index (χ3n) is 5.19. The minimum Gasteiger partial charge on any atom is -0.490 e. The van der Waals surface area contributed by atoms with Crippen molar-refractivity contribution in [2.24, 2.45) is 5.92 Å². The summed E-state index contributed by atoms with van der Waals surface area (Å²) >= 11 is 0. The Morgan fingerprint density at radius 3 is 1.93 bits per heavy atom. The van der Waals surface area contributed by atoms with Crippen LogP contribution in [-0.4, -0.2) is 27.4 Å². The molecule has 0 radical (unpaired) electrons. The summed E-state index contributed by atoms with van der Waals surface area (Å²) in [5, 5.41) is 0. The minimum absolute atomic E-state index is 0.586. The second kappa shape index (κ2) is 13.6. The smallest absolute Gasteiger partial charge is 0.207 e. The van der Waals surface area contributed by atoms with Gasteiger partial charge in [0.2, 0.25) is 11.5 Å². The number of ether oxygens (including phenoxy) is 4. The van der Waals surface area contributed by atoms with E-state index in [1.807, 2.05) is 13.8 Å². The van der Waals surface area contributed by atoms with Crippen molar-refractivity contribution in [1.82, 2.24) is 0 Å². The van der Waals surface area contributed by atoms with Crippen LogP contribution >= 0.6 is 0 Å². The maximum Gasteiger partial charge on any atom is 0.207 e. The molecule has 0 amide bonds. The highest BCUT2D eigenvalue weighted by atomic mass is 16.5. The van der Waals surface area contributed by atoms with Crippen LogP contribution in [0.2, 0.25) is 0 Å². The molecule has 27 heavy (non-hydrogen) atoms. The fraction of sp³-hybridized carbons (Fsp3) is 0.739. The lowest BCUT2D eigenvalue weighted by Crippen LogP contribution is -2.05. The molecular formula is C23H40O4. The summed E-state index contributed by atoms with van der Waals surface area (Å²) in [4.78, 5) is 0. The van der Waals surface area contributed by atoms with Crippen LogP contribution in [0.4, 0.5) is 0 Å². The lowest BCUT2D eigenvalue weighted by atomic mass is 9.95. The van der Waals surface area contributed by atoms with Gasteiger partial charge in [-0.15, -0.1) is 0 Å². The summed E-state index contributed by atoms with van der Waals surface area (Å²) in [5.74, 6) is 3.65. The second-order valence-corrected chi connectivity index (χ2v) is 6.93. The van der Waals surface area contributed by atoms with E-state index in [9.17, 15) is 0 Å². The molecule has 0 aliphatic heterocycles. The van der Waals surface area contributed by atoms with Crippen LogP contribution in [0, 0.1) is 5.92 Å². The Balaban J connectivity index is 2.78. The van der Waals surface area contributed by atoms with Crippen LogP contribution < -0.4 is 18.9 Å². The fourth-order valence-electron chi connectivity index (χ4n) is 3.58. The van der Waals surface area contributed by atoms with Gasteiger partial charge in [0.25, 0.3) is 0 Å². The summed E-state index contributed by atoms with van der Waals surface area (Å²) in [5.41, 5.74) is 1.14. The van der Waals surface area contributed by atoms with E-state index < -0.39 is 0 Å². The third kappa shape index (κ3) is 7.15. The maximum atomic E-state index is 5.91. The van der Waals surface area contributed by atoms with Crippen LogP contribution in [0.1, 0.15) is 78.2 Å². The molecule has 0 spiro atoms. The van der Waals surface area contributed by atoms with Gasteiger partial charge in [0.1, 0.15) is 0 Å². The number of rotatable bonds is 15. The largest absolute Gasteiger partial charge is 0.490 e. The second-order valence-electron chi connectivity index (χ2n) is 6.93. The fourth-order valence-corrected chi connectivity index (χ4v) is 3.58. The maximum absolute atomic E-state index is 5.91. The highest BCUT2D eigenvalue weighted by Crippen LogP contribution is 2.47. The van der Waals surface area contributed by atoms with Crippen molar-refractivity contribution in [3.05, 3.63) is 11.6 Å². The molecule has 1 rings (SSSR count). The molecule has 4 nitrogen and oxygen atoms in total. The van der Waals surface area contributed by atoms with Gasteiger partial charge in [-0.1, -0.05) is 52.4 Å². The summed E-state index contributed by atoms with van der Waals surface area (Å²) in [6, 6.07) is 2.06. The topological polar surface area (TPSA) is 36.9 Å². The van der Waals surface area contributed by atoms with E-state index in [0.29, 0.717) is 24.7 Å². The molecule has 0 fully saturated rings. The van der Waals surface area contributed by atoms with Crippen LogP contribution in [0.25, 0.3) is 0 Å². The van der Waals surface area contributed by atoms with Gasteiger partial charge < -0.3 is 18.9 Å². The van der Waals surface area contributed by atoms with E-state index in [2.05, 4.69) is 19.9 Å². The van der Waals surface area contributed by atoms with E-state index >= 15 is 0 Å². The first kappa shape index (κ1) is 23.5. The highest BCUT2D eigenvalue weighted by molar-refractivity contribution is 5.63.